The largest absolute Gasteiger partial charge is 0.0946 e. The minimum Gasteiger partial charge on any atom is -0.0946 e. The highest BCUT2D eigenvalue weighted by molar-refractivity contribution is 5.71. The molecule has 3 aromatic rings. The monoisotopic (exact) mass is 310 g/mol. The van der Waals surface area contributed by atoms with Gasteiger partial charge in [-0.1, -0.05) is 91.5 Å². The van der Waals surface area contributed by atoms with E-state index < -0.39 is 0 Å². The molecule has 0 saturated heterocycles. The Bertz CT molecular complexity index is 830. The fourth-order valence-electron chi connectivity index (χ4n) is 4.04. The van der Waals surface area contributed by atoms with Crippen LogP contribution in [0.1, 0.15) is 46.9 Å². The molecule has 0 aliphatic heterocycles. The zero-order valence-electron chi connectivity index (χ0n) is 13.9. The first-order chi connectivity index (χ1) is 11.8. The molecule has 0 radical (unpaired) electrons. The maximum Gasteiger partial charge on any atom is 0.00926 e. The van der Waals surface area contributed by atoms with Crippen LogP contribution in [0.5, 0.6) is 0 Å². The van der Waals surface area contributed by atoms with Crippen molar-refractivity contribution < 1.29 is 0 Å². The summed E-state index contributed by atoms with van der Waals surface area (Å²) in [5, 5.41) is 0. The molecule has 0 amide bonds. The molecule has 24 heavy (non-hydrogen) atoms. The summed E-state index contributed by atoms with van der Waals surface area (Å²) in [6, 6.07) is 30.4. The second kappa shape index (κ2) is 6.49. The number of hydrogen-bond donors (Lipinski definition) is 0. The van der Waals surface area contributed by atoms with Gasteiger partial charge in [0.1, 0.15) is 0 Å². The Balaban J connectivity index is 1.73. The maximum atomic E-state index is 4.45. The maximum absolute atomic E-state index is 4.45. The number of allylic oxidation sites excluding steroid dienone is 1. The fraction of sp³-hybridized carbons (Fsp3) is 0.167. The summed E-state index contributed by atoms with van der Waals surface area (Å²) in [5.41, 5.74) is 6.85. The quantitative estimate of drug-likeness (QED) is 0.524. The first-order valence-corrected chi connectivity index (χ1v) is 8.72. The summed E-state index contributed by atoms with van der Waals surface area (Å²) >= 11 is 0. The minimum absolute atomic E-state index is 0.420. The van der Waals surface area contributed by atoms with Crippen molar-refractivity contribution >= 4 is 5.57 Å². The van der Waals surface area contributed by atoms with E-state index in [1.807, 2.05) is 0 Å². The van der Waals surface area contributed by atoms with E-state index in [1.165, 1.54) is 34.2 Å². The third-order valence-corrected chi connectivity index (χ3v) is 5.26. The van der Waals surface area contributed by atoms with E-state index in [0.29, 0.717) is 11.8 Å². The summed E-state index contributed by atoms with van der Waals surface area (Å²) in [6.45, 7) is 4.45. The van der Waals surface area contributed by atoms with Crippen molar-refractivity contribution in [2.45, 2.75) is 24.7 Å². The SMILES string of the molecule is C=C(c1ccccc1)[C@H]1CC[C@@H](c2ccccc2)c2ccccc21. The molecule has 2 atom stereocenters. The van der Waals surface area contributed by atoms with Gasteiger partial charge in [0.2, 0.25) is 0 Å². The number of rotatable bonds is 3. The lowest BCUT2D eigenvalue weighted by Gasteiger charge is -2.33. The first kappa shape index (κ1) is 15.0. The lowest BCUT2D eigenvalue weighted by Crippen LogP contribution is -2.16. The highest BCUT2D eigenvalue weighted by Gasteiger charge is 2.29. The van der Waals surface area contributed by atoms with Crippen LogP contribution in [0.25, 0.3) is 5.57 Å². The van der Waals surface area contributed by atoms with Crippen LogP contribution in [0, 0.1) is 0 Å². The van der Waals surface area contributed by atoms with Gasteiger partial charge < -0.3 is 0 Å². The standard InChI is InChI=1S/C24H22/c1-18(19-10-4-2-5-11-19)21-16-17-22(20-12-6-3-7-13-20)24-15-9-8-14-23(21)24/h2-15,21-22H,1,16-17H2/t21-,22+/m1/s1. The molecule has 1 aliphatic carbocycles. The van der Waals surface area contributed by atoms with Crippen molar-refractivity contribution in [1.82, 2.24) is 0 Å². The Morgan fingerprint density at radius 1 is 0.667 bits per heavy atom. The van der Waals surface area contributed by atoms with Crippen LogP contribution in [0.3, 0.4) is 0 Å². The van der Waals surface area contributed by atoms with Gasteiger partial charge in [-0.05, 0) is 40.7 Å². The molecule has 0 heteroatoms. The van der Waals surface area contributed by atoms with Crippen LogP contribution in [0.2, 0.25) is 0 Å². The van der Waals surface area contributed by atoms with E-state index in [-0.39, 0.29) is 0 Å². The third-order valence-electron chi connectivity index (χ3n) is 5.26. The van der Waals surface area contributed by atoms with Crippen molar-refractivity contribution in [2.24, 2.45) is 0 Å². The highest BCUT2D eigenvalue weighted by Crippen LogP contribution is 2.46. The van der Waals surface area contributed by atoms with Gasteiger partial charge in [0.05, 0.1) is 0 Å². The second-order valence-electron chi connectivity index (χ2n) is 6.61. The molecule has 0 unspecified atom stereocenters. The second-order valence-corrected chi connectivity index (χ2v) is 6.61. The predicted molar refractivity (Wildman–Crippen MR) is 102 cm³/mol. The zero-order valence-corrected chi connectivity index (χ0v) is 13.9. The van der Waals surface area contributed by atoms with Crippen molar-refractivity contribution in [1.29, 1.82) is 0 Å². The van der Waals surface area contributed by atoms with Crippen LogP contribution in [-0.4, -0.2) is 0 Å². The average molecular weight is 310 g/mol. The molecule has 0 bridgehead atoms. The minimum atomic E-state index is 0.420. The molecule has 0 aromatic heterocycles. The number of benzene rings is 3. The van der Waals surface area contributed by atoms with Crippen molar-refractivity contribution in [3.63, 3.8) is 0 Å². The van der Waals surface area contributed by atoms with Crippen LogP contribution in [0.15, 0.2) is 91.5 Å². The van der Waals surface area contributed by atoms with Crippen LogP contribution < -0.4 is 0 Å². The molecular formula is C24H22. The topological polar surface area (TPSA) is 0 Å². The molecule has 0 heterocycles. The third kappa shape index (κ3) is 2.69. The number of hydrogen-bond acceptors (Lipinski definition) is 0. The van der Waals surface area contributed by atoms with E-state index in [9.17, 15) is 0 Å². The Kier molecular flexibility index (Phi) is 4.04. The smallest absolute Gasteiger partial charge is 0.00926 e. The van der Waals surface area contributed by atoms with E-state index in [0.717, 1.165) is 6.42 Å². The van der Waals surface area contributed by atoms with Gasteiger partial charge in [0.15, 0.2) is 0 Å². The molecule has 3 aromatic carbocycles. The molecule has 0 saturated carbocycles. The van der Waals surface area contributed by atoms with Gasteiger partial charge in [-0.15, -0.1) is 0 Å². The van der Waals surface area contributed by atoms with Gasteiger partial charge in [0, 0.05) is 11.8 Å². The molecule has 1 aliphatic rings. The summed E-state index contributed by atoms with van der Waals surface area (Å²) in [5.74, 6) is 0.922. The Morgan fingerprint density at radius 3 is 1.96 bits per heavy atom. The first-order valence-electron chi connectivity index (χ1n) is 8.72. The Morgan fingerprint density at radius 2 is 1.25 bits per heavy atom. The molecule has 0 fully saturated rings. The molecule has 0 nitrogen and oxygen atoms in total. The van der Waals surface area contributed by atoms with Crippen LogP contribution in [-0.2, 0) is 0 Å². The van der Waals surface area contributed by atoms with Gasteiger partial charge in [-0.3, -0.25) is 0 Å². The lowest BCUT2D eigenvalue weighted by molar-refractivity contribution is 0.583. The molecule has 0 spiro atoms. The van der Waals surface area contributed by atoms with Crippen LogP contribution >= 0.6 is 0 Å². The van der Waals surface area contributed by atoms with Gasteiger partial charge in [0.25, 0.3) is 0 Å². The van der Waals surface area contributed by atoms with E-state index in [2.05, 4.69) is 91.5 Å². The number of fused-ring (bicyclic) bond motifs is 1. The van der Waals surface area contributed by atoms with E-state index in [1.54, 1.807) is 0 Å². The summed E-state index contributed by atoms with van der Waals surface area (Å²) in [6.07, 6.45) is 2.34. The lowest BCUT2D eigenvalue weighted by atomic mass is 9.71. The van der Waals surface area contributed by atoms with E-state index in [4.69, 9.17) is 0 Å². The molecule has 4 rings (SSSR count). The Labute approximate surface area is 144 Å². The van der Waals surface area contributed by atoms with Gasteiger partial charge in [-0.25, -0.2) is 0 Å². The van der Waals surface area contributed by atoms with Crippen LogP contribution in [0.4, 0.5) is 0 Å². The summed E-state index contributed by atoms with van der Waals surface area (Å²) in [4.78, 5) is 0. The zero-order chi connectivity index (χ0) is 16.4. The summed E-state index contributed by atoms with van der Waals surface area (Å²) in [7, 11) is 0. The van der Waals surface area contributed by atoms with Crippen molar-refractivity contribution in [2.75, 3.05) is 0 Å². The molecule has 0 N–H and O–H groups in total. The highest BCUT2D eigenvalue weighted by atomic mass is 14.3. The van der Waals surface area contributed by atoms with Crippen molar-refractivity contribution in [3.8, 4) is 0 Å². The Hall–Kier alpha value is -2.60. The fourth-order valence-corrected chi connectivity index (χ4v) is 4.04. The van der Waals surface area contributed by atoms with Gasteiger partial charge >= 0.3 is 0 Å². The molecule has 118 valence electrons. The summed E-state index contributed by atoms with van der Waals surface area (Å²) < 4.78 is 0. The van der Waals surface area contributed by atoms with Crippen molar-refractivity contribution in [3.05, 3.63) is 114 Å². The van der Waals surface area contributed by atoms with E-state index >= 15 is 0 Å². The van der Waals surface area contributed by atoms with Gasteiger partial charge in [-0.2, -0.15) is 0 Å². The predicted octanol–water partition coefficient (Wildman–Crippen LogP) is 6.41. The normalized spacial score (nSPS) is 19.5. The average Bonchev–Trinajstić information content (AvgIpc) is 2.68. The molecular weight excluding hydrogens is 288 g/mol.